The zero-order valence-corrected chi connectivity index (χ0v) is 16.7. The minimum atomic E-state index is -0.506. The standard InChI is InChI=1S/C18H18N6O5S/c1-2-23-15(10-19-17(26)14-4-3-9-29-14)21-22-18(23)30-11-16(25)20-12-5-7-13(8-6-12)24(27)28/h3-9H,2,10-11H2,1H3,(H,19,26)(H,20,25). The van der Waals surface area contributed by atoms with Crippen molar-refractivity contribution in [1.29, 1.82) is 0 Å². The van der Waals surface area contributed by atoms with Crippen LogP contribution in [0.3, 0.4) is 0 Å². The van der Waals surface area contributed by atoms with Crippen molar-refractivity contribution in [2.75, 3.05) is 11.1 Å². The number of hydrogen-bond donors (Lipinski definition) is 2. The van der Waals surface area contributed by atoms with E-state index in [4.69, 9.17) is 4.42 Å². The molecule has 2 N–H and O–H groups in total. The van der Waals surface area contributed by atoms with Gasteiger partial charge in [0.25, 0.3) is 11.6 Å². The van der Waals surface area contributed by atoms with Crippen molar-refractivity contribution in [2.45, 2.75) is 25.2 Å². The van der Waals surface area contributed by atoms with E-state index in [1.807, 2.05) is 6.92 Å². The van der Waals surface area contributed by atoms with Crippen molar-refractivity contribution in [3.05, 3.63) is 64.4 Å². The van der Waals surface area contributed by atoms with Crippen LogP contribution in [0, 0.1) is 10.1 Å². The number of nitrogens with one attached hydrogen (secondary N) is 2. The Labute approximate surface area is 175 Å². The van der Waals surface area contributed by atoms with E-state index in [2.05, 4.69) is 20.8 Å². The number of amides is 2. The summed E-state index contributed by atoms with van der Waals surface area (Å²) in [5.74, 6) is 0.189. The van der Waals surface area contributed by atoms with Crippen LogP contribution in [-0.4, -0.2) is 37.3 Å². The number of rotatable bonds is 9. The molecule has 0 radical (unpaired) electrons. The Morgan fingerprint density at radius 3 is 2.63 bits per heavy atom. The zero-order chi connectivity index (χ0) is 21.5. The lowest BCUT2D eigenvalue weighted by molar-refractivity contribution is -0.384. The highest BCUT2D eigenvalue weighted by atomic mass is 32.2. The third-order valence-electron chi connectivity index (χ3n) is 3.96. The summed E-state index contributed by atoms with van der Waals surface area (Å²) in [5, 5.41) is 24.8. The van der Waals surface area contributed by atoms with Crippen LogP contribution in [0.25, 0.3) is 0 Å². The smallest absolute Gasteiger partial charge is 0.287 e. The van der Waals surface area contributed by atoms with Crippen molar-refractivity contribution in [3.63, 3.8) is 0 Å². The monoisotopic (exact) mass is 430 g/mol. The molecule has 3 aromatic rings. The van der Waals surface area contributed by atoms with Crippen LogP contribution in [0.5, 0.6) is 0 Å². The van der Waals surface area contributed by atoms with Crippen LogP contribution in [-0.2, 0) is 17.9 Å². The predicted molar refractivity (Wildman–Crippen MR) is 108 cm³/mol. The molecule has 0 spiro atoms. The number of nitrogens with zero attached hydrogens (tertiary/aromatic N) is 4. The zero-order valence-electron chi connectivity index (χ0n) is 15.9. The summed E-state index contributed by atoms with van der Waals surface area (Å²) in [5.41, 5.74) is 0.412. The molecular formula is C18H18N6O5S. The second-order valence-corrected chi connectivity index (χ2v) is 6.89. The van der Waals surface area contributed by atoms with Gasteiger partial charge in [-0.2, -0.15) is 0 Å². The molecule has 11 nitrogen and oxygen atoms in total. The Morgan fingerprint density at radius 2 is 2.00 bits per heavy atom. The number of anilines is 1. The van der Waals surface area contributed by atoms with Crippen molar-refractivity contribution < 1.29 is 18.9 Å². The SMILES string of the molecule is CCn1c(CNC(=O)c2ccco2)nnc1SCC(=O)Nc1ccc([N+](=O)[O-])cc1. The lowest BCUT2D eigenvalue weighted by atomic mass is 10.3. The lowest BCUT2D eigenvalue weighted by Crippen LogP contribution is -2.24. The normalized spacial score (nSPS) is 10.6. The van der Waals surface area contributed by atoms with E-state index in [1.165, 1.54) is 42.3 Å². The molecular weight excluding hydrogens is 412 g/mol. The number of non-ortho nitro benzene ring substituents is 1. The predicted octanol–water partition coefficient (Wildman–Crippen LogP) is 2.46. The van der Waals surface area contributed by atoms with Gasteiger partial charge in [-0.25, -0.2) is 0 Å². The van der Waals surface area contributed by atoms with Gasteiger partial charge in [0.05, 0.1) is 23.5 Å². The molecule has 0 aliphatic rings. The summed E-state index contributed by atoms with van der Waals surface area (Å²) >= 11 is 1.20. The quantitative estimate of drug-likeness (QED) is 0.299. The fourth-order valence-electron chi connectivity index (χ4n) is 2.52. The molecule has 2 heterocycles. The maximum Gasteiger partial charge on any atom is 0.287 e. The number of benzene rings is 1. The van der Waals surface area contributed by atoms with Gasteiger partial charge in [0, 0.05) is 24.4 Å². The van der Waals surface area contributed by atoms with Gasteiger partial charge < -0.3 is 19.6 Å². The van der Waals surface area contributed by atoms with Gasteiger partial charge in [-0.05, 0) is 31.2 Å². The molecule has 2 aromatic heterocycles. The van der Waals surface area contributed by atoms with E-state index < -0.39 is 4.92 Å². The minimum Gasteiger partial charge on any atom is -0.459 e. The number of nitro groups is 1. The molecule has 0 atom stereocenters. The molecule has 156 valence electrons. The first-order chi connectivity index (χ1) is 14.5. The lowest BCUT2D eigenvalue weighted by Gasteiger charge is -2.08. The summed E-state index contributed by atoms with van der Waals surface area (Å²) in [4.78, 5) is 34.3. The Kier molecular flexibility index (Phi) is 6.80. The summed E-state index contributed by atoms with van der Waals surface area (Å²) in [6.07, 6.45) is 1.42. The summed E-state index contributed by atoms with van der Waals surface area (Å²) < 4.78 is 6.84. The van der Waals surface area contributed by atoms with Crippen LogP contribution in [0.15, 0.2) is 52.2 Å². The van der Waals surface area contributed by atoms with E-state index in [-0.39, 0.29) is 35.6 Å². The number of thioether (sulfide) groups is 1. The first-order valence-electron chi connectivity index (χ1n) is 8.88. The largest absolute Gasteiger partial charge is 0.459 e. The minimum absolute atomic E-state index is 0.0508. The first-order valence-corrected chi connectivity index (χ1v) is 9.87. The Bertz CT molecular complexity index is 1030. The van der Waals surface area contributed by atoms with Crippen molar-refractivity contribution >= 4 is 35.0 Å². The molecule has 0 aliphatic carbocycles. The van der Waals surface area contributed by atoms with Gasteiger partial charge >= 0.3 is 0 Å². The van der Waals surface area contributed by atoms with Gasteiger partial charge in [-0.3, -0.25) is 19.7 Å². The molecule has 12 heteroatoms. The van der Waals surface area contributed by atoms with E-state index in [1.54, 1.807) is 16.7 Å². The molecule has 3 rings (SSSR count). The third kappa shape index (κ3) is 5.23. The molecule has 2 amide bonds. The summed E-state index contributed by atoms with van der Waals surface area (Å²) in [6.45, 7) is 2.63. The number of carbonyl (C=O) groups is 2. The van der Waals surface area contributed by atoms with Gasteiger partial charge in [0.15, 0.2) is 16.7 Å². The van der Waals surface area contributed by atoms with Crippen LogP contribution >= 0.6 is 11.8 Å². The fourth-order valence-corrected chi connectivity index (χ4v) is 3.34. The van der Waals surface area contributed by atoms with Crippen molar-refractivity contribution in [3.8, 4) is 0 Å². The van der Waals surface area contributed by atoms with Gasteiger partial charge in [-0.1, -0.05) is 11.8 Å². The average Bonchev–Trinajstić information content (AvgIpc) is 3.40. The van der Waals surface area contributed by atoms with Crippen LogP contribution in [0.4, 0.5) is 11.4 Å². The second-order valence-electron chi connectivity index (χ2n) is 5.94. The fraction of sp³-hybridized carbons (Fsp3) is 0.222. The van der Waals surface area contributed by atoms with E-state index in [0.717, 1.165) is 0 Å². The van der Waals surface area contributed by atoms with Crippen LogP contribution < -0.4 is 10.6 Å². The number of aromatic nitrogens is 3. The highest BCUT2D eigenvalue weighted by molar-refractivity contribution is 7.99. The van der Waals surface area contributed by atoms with Gasteiger partial charge in [0.2, 0.25) is 5.91 Å². The van der Waals surface area contributed by atoms with E-state index in [0.29, 0.717) is 23.2 Å². The van der Waals surface area contributed by atoms with Crippen molar-refractivity contribution in [1.82, 2.24) is 20.1 Å². The third-order valence-corrected chi connectivity index (χ3v) is 4.92. The molecule has 30 heavy (non-hydrogen) atoms. The molecule has 0 saturated carbocycles. The molecule has 0 bridgehead atoms. The number of nitro benzene ring substituents is 1. The van der Waals surface area contributed by atoms with E-state index in [9.17, 15) is 19.7 Å². The Hall–Kier alpha value is -3.67. The molecule has 0 unspecified atom stereocenters. The van der Waals surface area contributed by atoms with Crippen LogP contribution in [0.2, 0.25) is 0 Å². The Balaban J connectivity index is 1.54. The first kappa shape index (κ1) is 21.0. The maximum absolute atomic E-state index is 12.2. The molecule has 0 fully saturated rings. The highest BCUT2D eigenvalue weighted by Crippen LogP contribution is 2.19. The molecule has 0 aliphatic heterocycles. The summed E-state index contributed by atoms with van der Waals surface area (Å²) in [6, 6.07) is 8.76. The number of carbonyl (C=O) groups excluding carboxylic acids is 2. The second kappa shape index (κ2) is 9.69. The number of hydrogen-bond acceptors (Lipinski definition) is 8. The number of furan rings is 1. The molecule has 0 saturated heterocycles. The molecule has 1 aromatic carbocycles. The van der Waals surface area contributed by atoms with Gasteiger partial charge in [0.1, 0.15) is 0 Å². The summed E-state index contributed by atoms with van der Waals surface area (Å²) in [7, 11) is 0. The van der Waals surface area contributed by atoms with Crippen molar-refractivity contribution in [2.24, 2.45) is 0 Å². The Morgan fingerprint density at radius 1 is 1.23 bits per heavy atom. The van der Waals surface area contributed by atoms with Crippen LogP contribution in [0.1, 0.15) is 23.3 Å². The van der Waals surface area contributed by atoms with Gasteiger partial charge in [-0.15, -0.1) is 10.2 Å². The average molecular weight is 430 g/mol. The topological polar surface area (TPSA) is 145 Å². The maximum atomic E-state index is 12.2. The van der Waals surface area contributed by atoms with E-state index >= 15 is 0 Å². The highest BCUT2D eigenvalue weighted by Gasteiger charge is 2.15.